The molecular formula is C29H49N5O9. The molecule has 2 amide bonds. The molecule has 0 aliphatic carbocycles. The molecule has 14 heteroatoms. The molecule has 2 rings (SSSR count). The van der Waals surface area contributed by atoms with Gasteiger partial charge in [-0.1, -0.05) is 19.1 Å². The zero-order chi connectivity index (χ0) is 32.4. The summed E-state index contributed by atoms with van der Waals surface area (Å²) >= 11 is 0. The number of aryl methyl sites for hydroxylation is 1. The average Bonchev–Trinajstić information content (AvgIpc) is 3.52. The van der Waals surface area contributed by atoms with Crippen molar-refractivity contribution in [2.45, 2.75) is 124 Å². The van der Waals surface area contributed by atoms with Gasteiger partial charge in [-0.05, 0) is 66.7 Å². The molecule has 244 valence electrons. The summed E-state index contributed by atoms with van der Waals surface area (Å²) in [7, 11) is 1.28. The molecule has 1 fully saturated rings. The zero-order valence-electron chi connectivity index (χ0n) is 27.0. The van der Waals surface area contributed by atoms with Crippen molar-refractivity contribution in [3.8, 4) is 0 Å². The minimum Gasteiger partial charge on any atom is -0.467 e. The van der Waals surface area contributed by atoms with E-state index < -0.39 is 47.4 Å². The Hall–Kier alpha value is -3.42. The number of unbranched alkanes of at least 4 members (excludes halogenated alkanes) is 2. The van der Waals surface area contributed by atoms with Gasteiger partial charge in [0.1, 0.15) is 29.0 Å². The van der Waals surface area contributed by atoms with Crippen LogP contribution in [0.2, 0.25) is 0 Å². The van der Waals surface area contributed by atoms with Crippen LogP contribution in [0.1, 0.15) is 86.8 Å². The van der Waals surface area contributed by atoms with E-state index in [2.05, 4.69) is 15.6 Å². The molecule has 43 heavy (non-hydrogen) atoms. The van der Waals surface area contributed by atoms with E-state index in [1.807, 2.05) is 13.8 Å². The normalized spacial score (nSPS) is 17.9. The third kappa shape index (κ3) is 12.8. The third-order valence-electron chi connectivity index (χ3n) is 6.28. The molecule has 1 aromatic rings. The Morgan fingerprint density at radius 2 is 1.70 bits per heavy atom. The first-order chi connectivity index (χ1) is 20.0. The van der Waals surface area contributed by atoms with Crippen LogP contribution < -0.4 is 5.32 Å². The van der Waals surface area contributed by atoms with E-state index in [0.717, 1.165) is 12.8 Å². The number of alkyl carbamates (subject to hydrolysis) is 1. The van der Waals surface area contributed by atoms with E-state index in [1.165, 1.54) is 12.0 Å². The highest BCUT2D eigenvalue weighted by Gasteiger charge is 2.42. The van der Waals surface area contributed by atoms with Crippen molar-refractivity contribution in [1.82, 2.24) is 25.2 Å². The molecule has 1 aromatic heterocycles. The largest absolute Gasteiger partial charge is 0.467 e. The van der Waals surface area contributed by atoms with Gasteiger partial charge in [-0.15, -0.1) is 5.10 Å². The van der Waals surface area contributed by atoms with Gasteiger partial charge < -0.3 is 29.0 Å². The fourth-order valence-corrected chi connectivity index (χ4v) is 4.27. The van der Waals surface area contributed by atoms with Gasteiger partial charge >= 0.3 is 24.1 Å². The minimum atomic E-state index is -0.788. The quantitative estimate of drug-likeness (QED) is 0.197. The predicted octanol–water partition coefficient (Wildman–Crippen LogP) is 3.61. The van der Waals surface area contributed by atoms with Crippen LogP contribution in [0.3, 0.4) is 0 Å². The molecule has 2 heterocycles. The van der Waals surface area contributed by atoms with E-state index in [1.54, 1.807) is 52.4 Å². The van der Waals surface area contributed by atoms with Crippen molar-refractivity contribution in [2.75, 3.05) is 20.3 Å². The average molecular weight is 612 g/mol. The Kier molecular flexibility index (Phi) is 13.2. The number of nitrogens with one attached hydrogen (secondary N) is 1. The van der Waals surface area contributed by atoms with Crippen molar-refractivity contribution in [3.63, 3.8) is 0 Å². The first-order valence-corrected chi connectivity index (χ1v) is 14.7. The number of carbonyl (C=O) groups excluding carboxylic acids is 4. The number of likely N-dealkylation sites (tertiary alicyclic amines) is 1. The number of carbonyl (C=O) groups is 4. The van der Waals surface area contributed by atoms with Crippen LogP contribution in [-0.4, -0.2) is 93.7 Å². The number of hydrogen-bond acceptors (Lipinski definition) is 11. The smallest absolute Gasteiger partial charge is 0.411 e. The van der Waals surface area contributed by atoms with E-state index >= 15 is 0 Å². The Bertz CT molecular complexity index is 1080. The van der Waals surface area contributed by atoms with Gasteiger partial charge in [0.2, 0.25) is 0 Å². The number of amides is 2. The molecule has 1 aliphatic rings. The summed E-state index contributed by atoms with van der Waals surface area (Å²) in [6, 6.07) is -1.57. The fourth-order valence-electron chi connectivity index (χ4n) is 4.27. The van der Waals surface area contributed by atoms with Gasteiger partial charge in [0.05, 0.1) is 39.2 Å². The Labute approximate surface area is 254 Å². The summed E-state index contributed by atoms with van der Waals surface area (Å²) in [5, 5.41) is 10.9. The van der Waals surface area contributed by atoms with Crippen molar-refractivity contribution in [3.05, 3.63) is 11.9 Å². The lowest BCUT2D eigenvalue weighted by atomic mass is 10.0. The first-order valence-electron chi connectivity index (χ1n) is 14.7. The van der Waals surface area contributed by atoms with Crippen LogP contribution in [0.5, 0.6) is 0 Å². The number of aromatic nitrogens is 3. The van der Waals surface area contributed by atoms with E-state index in [-0.39, 0.29) is 31.8 Å². The summed E-state index contributed by atoms with van der Waals surface area (Å²) in [6.45, 7) is 15.5. The number of rotatable bonds is 13. The predicted molar refractivity (Wildman–Crippen MR) is 155 cm³/mol. The molecule has 1 N–H and O–H groups in total. The molecule has 0 radical (unpaired) electrons. The molecule has 14 nitrogen and oxygen atoms in total. The standard InChI is InChI=1S/C29H49N5O9/c1-19(2)23(25(36)42-28(3,4)5)30-26(37)40-14-12-10-11-13-33-16-20(31-32-33)18-41-21-15-22(24(35)39-9)34(17-21)27(38)43-29(6,7)8/h16,19,21-23H,10-15,17-18H2,1-9H3,(H,30,37)/t21-,22-,23+/m1/s1. The van der Waals surface area contributed by atoms with Gasteiger partial charge in [0, 0.05) is 13.0 Å². The van der Waals surface area contributed by atoms with Gasteiger partial charge in [-0.3, -0.25) is 9.58 Å². The number of nitrogens with zero attached hydrogens (tertiary/aromatic N) is 4. The topological polar surface area (TPSA) is 160 Å². The molecule has 0 unspecified atom stereocenters. The Morgan fingerprint density at radius 3 is 2.30 bits per heavy atom. The van der Waals surface area contributed by atoms with Crippen LogP contribution in [0.15, 0.2) is 6.20 Å². The van der Waals surface area contributed by atoms with E-state index in [9.17, 15) is 19.2 Å². The molecule has 0 aromatic carbocycles. The highest BCUT2D eigenvalue weighted by Crippen LogP contribution is 2.25. The first kappa shape index (κ1) is 35.8. The number of methoxy groups -OCH3 is 1. The molecule has 3 atom stereocenters. The lowest BCUT2D eigenvalue weighted by molar-refractivity contribution is -0.158. The maximum atomic E-state index is 12.6. The second-order valence-corrected chi connectivity index (χ2v) is 12.9. The van der Waals surface area contributed by atoms with E-state index in [4.69, 9.17) is 23.7 Å². The van der Waals surface area contributed by atoms with Crippen molar-refractivity contribution in [2.24, 2.45) is 5.92 Å². The maximum Gasteiger partial charge on any atom is 0.411 e. The minimum absolute atomic E-state index is 0.151. The number of esters is 2. The van der Waals surface area contributed by atoms with Gasteiger partial charge in [-0.25, -0.2) is 19.2 Å². The van der Waals surface area contributed by atoms with Gasteiger partial charge in [0.25, 0.3) is 0 Å². The fraction of sp³-hybridized carbons (Fsp3) is 0.793. The van der Waals surface area contributed by atoms with Crippen LogP contribution >= 0.6 is 0 Å². The monoisotopic (exact) mass is 611 g/mol. The van der Waals surface area contributed by atoms with Crippen molar-refractivity contribution < 1.29 is 42.9 Å². The summed E-state index contributed by atoms with van der Waals surface area (Å²) in [4.78, 5) is 50.8. The lowest BCUT2D eigenvalue weighted by Gasteiger charge is -2.27. The van der Waals surface area contributed by atoms with Crippen LogP contribution in [-0.2, 0) is 46.4 Å². The molecular weight excluding hydrogens is 562 g/mol. The van der Waals surface area contributed by atoms with Crippen LogP contribution in [0, 0.1) is 5.92 Å². The second kappa shape index (κ2) is 15.9. The summed E-state index contributed by atoms with van der Waals surface area (Å²) in [5.74, 6) is -1.16. The lowest BCUT2D eigenvalue weighted by Crippen LogP contribution is -2.47. The second-order valence-electron chi connectivity index (χ2n) is 12.9. The Morgan fingerprint density at radius 1 is 1.02 bits per heavy atom. The summed E-state index contributed by atoms with van der Waals surface area (Å²) in [6.07, 6.45) is 2.66. The molecule has 1 aliphatic heterocycles. The van der Waals surface area contributed by atoms with Crippen molar-refractivity contribution in [1.29, 1.82) is 0 Å². The third-order valence-corrected chi connectivity index (χ3v) is 6.28. The summed E-state index contributed by atoms with van der Waals surface area (Å²) < 4.78 is 28.6. The van der Waals surface area contributed by atoms with Crippen molar-refractivity contribution >= 4 is 24.1 Å². The molecule has 0 bridgehead atoms. The van der Waals surface area contributed by atoms with Crippen LogP contribution in [0.25, 0.3) is 0 Å². The Balaban J connectivity index is 1.71. The SMILES string of the molecule is COC(=O)[C@H]1C[C@@H](OCc2cn(CCCCCOC(=O)N[C@H](C(=O)OC(C)(C)C)C(C)C)nn2)CN1C(=O)OC(C)(C)C. The van der Waals surface area contributed by atoms with E-state index in [0.29, 0.717) is 25.1 Å². The highest BCUT2D eigenvalue weighted by atomic mass is 16.6. The van der Waals surface area contributed by atoms with Gasteiger partial charge in [0.15, 0.2) is 0 Å². The summed E-state index contributed by atoms with van der Waals surface area (Å²) in [5.41, 5.74) is -0.725. The number of ether oxygens (including phenoxy) is 5. The molecule has 1 saturated heterocycles. The zero-order valence-corrected chi connectivity index (χ0v) is 27.0. The highest BCUT2D eigenvalue weighted by molar-refractivity contribution is 5.82. The molecule has 0 spiro atoms. The van der Waals surface area contributed by atoms with Crippen LogP contribution in [0.4, 0.5) is 9.59 Å². The maximum absolute atomic E-state index is 12.6. The molecule has 0 saturated carbocycles. The van der Waals surface area contributed by atoms with Gasteiger partial charge in [-0.2, -0.15) is 0 Å². The number of hydrogen-bond donors (Lipinski definition) is 1.